The molecule has 3 aromatic rings. The molecule has 0 aliphatic carbocycles. The second-order valence-electron chi connectivity index (χ2n) is 4.81. The monoisotopic (exact) mass is 272 g/mol. The number of aromatic nitrogens is 4. The quantitative estimate of drug-likeness (QED) is 0.543. The fourth-order valence-electron chi connectivity index (χ4n) is 2.18. The molecular weight excluding hydrogens is 256 g/mol. The van der Waals surface area contributed by atoms with Crippen molar-refractivity contribution in [3.8, 4) is 0 Å². The molecule has 0 fully saturated rings. The third-order valence-corrected chi connectivity index (χ3v) is 3.17. The fourth-order valence-corrected chi connectivity index (χ4v) is 2.18. The number of hydrogen-bond donors (Lipinski definition) is 2. The summed E-state index contributed by atoms with van der Waals surface area (Å²) in [5.74, 6) is 7.00. The van der Waals surface area contributed by atoms with Crippen LogP contribution in [0.15, 0.2) is 28.7 Å². The number of nitrogens with one attached hydrogen (secondary N) is 1. The lowest BCUT2D eigenvalue weighted by Gasteiger charge is -2.10. The minimum atomic E-state index is -0.188. The average molecular weight is 272 g/mol. The summed E-state index contributed by atoms with van der Waals surface area (Å²) in [6, 6.07) is 7.86. The van der Waals surface area contributed by atoms with Gasteiger partial charge in [-0.15, -0.1) is 10.2 Å². The third kappa shape index (κ3) is 2.40. The Hall–Kier alpha value is -2.25. The number of hydrogen-bond acceptors (Lipinski definition) is 6. The summed E-state index contributed by atoms with van der Waals surface area (Å²) in [6.07, 6.45) is 0.517. The number of rotatable bonds is 4. The molecule has 0 amide bonds. The Bertz CT molecular complexity index is 731. The van der Waals surface area contributed by atoms with E-state index in [1.54, 1.807) is 7.05 Å². The number of nitrogens with two attached hydrogens (primary N) is 1. The van der Waals surface area contributed by atoms with E-state index in [2.05, 4.69) is 26.9 Å². The van der Waals surface area contributed by atoms with E-state index >= 15 is 0 Å². The van der Waals surface area contributed by atoms with E-state index in [1.807, 2.05) is 25.1 Å². The average Bonchev–Trinajstić information content (AvgIpc) is 3.01. The molecule has 1 aromatic carbocycles. The lowest BCUT2D eigenvalue weighted by molar-refractivity contribution is 0.428. The molecule has 2 aromatic heterocycles. The predicted octanol–water partition coefficient (Wildman–Crippen LogP) is 1.01. The SMILES string of the molecule is Cc1ccc2oc(C(Cc3nnn(C)n3)NN)cc2c1. The van der Waals surface area contributed by atoms with E-state index in [4.69, 9.17) is 10.3 Å². The Labute approximate surface area is 115 Å². The first-order chi connectivity index (χ1) is 9.65. The number of nitrogens with zero attached hydrogens (tertiary/aromatic N) is 4. The molecule has 3 N–H and O–H groups in total. The van der Waals surface area contributed by atoms with Gasteiger partial charge in [0.05, 0.1) is 13.1 Å². The smallest absolute Gasteiger partial charge is 0.176 e. The highest BCUT2D eigenvalue weighted by Crippen LogP contribution is 2.25. The lowest BCUT2D eigenvalue weighted by Crippen LogP contribution is -2.29. The Morgan fingerprint density at radius 3 is 2.95 bits per heavy atom. The number of benzene rings is 1. The van der Waals surface area contributed by atoms with Crippen LogP contribution in [0.4, 0.5) is 0 Å². The minimum absolute atomic E-state index is 0.188. The van der Waals surface area contributed by atoms with Gasteiger partial charge < -0.3 is 4.42 Å². The summed E-state index contributed by atoms with van der Waals surface area (Å²) in [5, 5.41) is 13.0. The molecule has 7 nitrogen and oxygen atoms in total. The molecule has 3 rings (SSSR count). The largest absolute Gasteiger partial charge is 0.459 e. The summed E-state index contributed by atoms with van der Waals surface area (Å²) in [4.78, 5) is 1.42. The van der Waals surface area contributed by atoms with Crippen LogP contribution in [0, 0.1) is 6.92 Å². The highest BCUT2D eigenvalue weighted by atomic mass is 16.3. The standard InChI is InChI=1S/C13H16N6O/c1-8-3-4-11-9(5-8)6-12(20-11)10(15-14)7-13-16-18-19(2)17-13/h3-6,10,15H,7,14H2,1-2H3. The fraction of sp³-hybridized carbons (Fsp3) is 0.308. The van der Waals surface area contributed by atoms with Crippen molar-refractivity contribution < 1.29 is 4.42 Å². The maximum atomic E-state index is 5.83. The topological polar surface area (TPSA) is 94.8 Å². The van der Waals surface area contributed by atoms with Crippen molar-refractivity contribution >= 4 is 11.0 Å². The summed E-state index contributed by atoms with van der Waals surface area (Å²) >= 11 is 0. The van der Waals surface area contributed by atoms with Gasteiger partial charge in [0.2, 0.25) is 0 Å². The van der Waals surface area contributed by atoms with E-state index < -0.39 is 0 Å². The Morgan fingerprint density at radius 2 is 2.25 bits per heavy atom. The zero-order valence-electron chi connectivity index (χ0n) is 11.4. The van der Waals surface area contributed by atoms with Crippen LogP contribution >= 0.6 is 0 Å². The molecule has 0 aliphatic rings. The van der Waals surface area contributed by atoms with Gasteiger partial charge in [0.1, 0.15) is 11.3 Å². The first-order valence-corrected chi connectivity index (χ1v) is 6.35. The lowest BCUT2D eigenvalue weighted by atomic mass is 10.1. The van der Waals surface area contributed by atoms with Gasteiger partial charge in [0, 0.05) is 11.8 Å². The molecule has 1 atom stereocenters. The maximum absolute atomic E-state index is 5.83. The van der Waals surface area contributed by atoms with E-state index in [-0.39, 0.29) is 6.04 Å². The van der Waals surface area contributed by atoms with Crippen LogP contribution in [0.25, 0.3) is 11.0 Å². The summed E-state index contributed by atoms with van der Waals surface area (Å²) in [7, 11) is 1.73. The number of fused-ring (bicyclic) bond motifs is 1. The van der Waals surface area contributed by atoms with Crippen molar-refractivity contribution in [1.29, 1.82) is 0 Å². The van der Waals surface area contributed by atoms with Gasteiger partial charge in [-0.2, -0.15) is 4.80 Å². The highest BCUT2D eigenvalue weighted by molar-refractivity contribution is 5.78. The highest BCUT2D eigenvalue weighted by Gasteiger charge is 2.18. The Balaban J connectivity index is 1.90. The van der Waals surface area contributed by atoms with Gasteiger partial charge in [0.25, 0.3) is 0 Å². The molecule has 0 saturated carbocycles. The van der Waals surface area contributed by atoms with Gasteiger partial charge in [-0.1, -0.05) is 11.6 Å². The minimum Gasteiger partial charge on any atom is -0.459 e. The first kappa shape index (κ1) is 12.8. The zero-order valence-corrected chi connectivity index (χ0v) is 11.4. The van der Waals surface area contributed by atoms with E-state index in [1.165, 1.54) is 10.4 Å². The first-order valence-electron chi connectivity index (χ1n) is 6.35. The number of tetrazole rings is 1. The molecular formula is C13H16N6O. The Kier molecular flexibility index (Phi) is 3.21. The second-order valence-corrected chi connectivity index (χ2v) is 4.81. The molecule has 2 heterocycles. The maximum Gasteiger partial charge on any atom is 0.176 e. The van der Waals surface area contributed by atoms with Crippen LogP contribution in [0.5, 0.6) is 0 Å². The van der Waals surface area contributed by atoms with Crippen LogP contribution in [-0.4, -0.2) is 20.2 Å². The van der Waals surface area contributed by atoms with Crippen molar-refractivity contribution in [2.24, 2.45) is 12.9 Å². The molecule has 0 saturated heterocycles. The van der Waals surface area contributed by atoms with Crippen LogP contribution in [0.3, 0.4) is 0 Å². The van der Waals surface area contributed by atoms with Crippen molar-refractivity contribution in [3.63, 3.8) is 0 Å². The van der Waals surface area contributed by atoms with Crippen LogP contribution < -0.4 is 11.3 Å². The van der Waals surface area contributed by atoms with Gasteiger partial charge in [-0.3, -0.25) is 5.84 Å². The molecule has 20 heavy (non-hydrogen) atoms. The van der Waals surface area contributed by atoms with Crippen molar-refractivity contribution in [1.82, 2.24) is 25.6 Å². The van der Waals surface area contributed by atoms with Crippen LogP contribution in [0.2, 0.25) is 0 Å². The molecule has 7 heteroatoms. The van der Waals surface area contributed by atoms with Gasteiger partial charge in [0.15, 0.2) is 5.82 Å². The van der Waals surface area contributed by atoms with Crippen molar-refractivity contribution in [2.45, 2.75) is 19.4 Å². The number of aryl methyl sites for hydroxylation is 2. The van der Waals surface area contributed by atoms with Gasteiger partial charge >= 0.3 is 0 Å². The number of furan rings is 1. The van der Waals surface area contributed by atoms with E-state index in [0.29, 0.717) is 12.2 Å². The van der Waals surface area contributed by atoms with Gasteiger partial charge in [-0.05, 0) is 30.3 Å². The molecule has 104 valence electrons. The number of hydrazine groups is 1. The molecule has 0 aliphatic heterocycles. The molecule has 0 bridgehead atoms. The Morgan fingerprint density at radius 1 is 1.40 bits per heavy atom. The second kappa shape index (κ2) is 5.03. The summed E-state index contributed by atoms with van der Waals surface area (Å²) in [6.45, 7) is 2.05. The van der Waals surface area contributed by atoms with Crippen LogP contribution in [-0.2, 0) is 13.5 Å². The zero-order chi connectivity index (χ0) is 14.1. The van der Waals surface area contributed by atoms with E-state index in [0.717, 1.165) is 16.7 Å². The summed E-state index contributed by atoms with van der Waals surface area (Å²) in [5.41, 5.74) is 4.78. The van der Waals surface area contributed by atoms with Crippen LogP contribution in [0.1, 0.15) is 23.2 Å². The third-order valence-electron chi connectivity index (χ3n) is 3.17. The molecule has 0 spiro atoms. The van der Waals surface area contributed by atoms with Crippen molar-refractivity contribution in [2.75, 3.05) is 0 Å². The molecule has 0 radical (unpaired) electrons. The van der Waals surface area contributed by atoms with Crippen molar-refractivity contribution in [3.05, 3.63) is 41.4 Å². The van der Waals surface area contributed by atoms with E-state index in [9.17, 15) is 0 Å². The summed E-state index contributed by atoms with van der Waals surface area (Å²) < 4.78 is 5.83. The van der Waals surface area contributed by atoms with Gasteiger partial charge in [-0.25, -0.2) is 5.43 Å². The normalized spacial score (nSPS) is 12.9. The predicted molar refractivity (Wildman–Crippen MR) is 73.5 cm³/mol. The molecule has 1 unspecified atom stereocenters.